The van der Waals surface area contributed by atoms with Crippen molar-refractivity contribution in [2.75, 3.05) is 20.3 Å². The van der Waals surface area contributed by atoms with Crippen LogP contribution in [-0.2, 0) is 20.7 Å². The molecule has 0 bridgehead atoms. The Balaban J connectivity index is 2.06. The molecule has 2 atom stereocenters. The van der Waals surface area contributed by atoms with E-state index in [1.807, 2.05) is 25.1 Å². The summed E-state index contributed by atoms with van der Waals surface area (Å²) in [6.07, 6.45) is 0.782. The maximum Gasteiger partial charge on any atom is 0.307 e. The number of carbonyl (C=O) groups excluding carboxylic acids is 1. The zero-order chi connectivity index (χ0) is 14.5. The van der Waals surface area contributed by atoms with Crippen LogP contribution < -0.4 is 10.5 Å². The summed E-state index contributed by atoms with van der Waals surface area (Å²) in [4.78, 5) is 11.1. The van der Waals surface area contributed by atoms with E-state index >= 15 is 0 Å². The van der Waals surface area contributed by atoms with Gasteiger partial charge in [0.15, 0.2) is 0 Å². The standard InChI is InChI=1S/C15H21NO4/c1-3-19-13-6-4-5-10-11(13)9-12(16)15(10)20-8-7-14(17)18-2/h4-6,12,15H,3,7-9,16H2,1-2H3. The number of hydrogen-bond acceptors (Lipinski definition) is 5. The Bertz CT molecular complexity index is 475. The van der Waals surface area contributed by atoms with Crippen molar-refractivity contribution < 1.29 is 19.0 Å². The van der Waals surface area contributed by atoms with Gasteiger partial charge in [-0.1, -0.05) is 12.1 Å². The third kappa shape index (κ3) is 3.11. The van der Waals surface area contributed by atoms with E-state index in [9.17, 15) is 4.79 Å². The molecular formula is C15H21NO4. The van der Waals surface area contributed by atoms with Crippen molar-refractivity contribution in [2.45, 2.75) is 31.9 Å². The topological polar surface area (TPSA) is 70.8 Å². The van der Waals surface area contributed by atoms with Crippen LogP contribution in [0.2, 0.25) is 0 Å². The van der Waals surface area contributed by atoms with Crippen LogP contribution in [0.15, 0.2) is 18.2 Å². The van der Waals surface area contributed by atoms with Gasteiger partial charge in [0.1, 0.15) is 5.75 Å². The number of carbonyl (C=O) groups is 1. The zero-order valence-corrected chi connectivity index (χ0v) is 11.9. The first-order chi connectivity index (χ1) is 9.67. The van der Waals surface area contributed by atoms with Gasteiger partial charge >= 0.3 is 5.97 Å². The Morgan fingerprint density at radius 1 is 1.45 bits per heavy atom. The smallest absolute Gasteiger partial charge is 0.307 e. The highest BCUT2D eigenvalue weighted by molar-refractivity contribution is 5.69. The molecule has 2 unspecified atom stereocenters. The van der Waals surface area contributed by atoms with Gasteiger partial charge in [-0.2, -0.15) is 0 Å². The van der Waals surface area contributed by atoms with Gasteiger partial charge in [-0.15, -0.1) is 0 Å². The number of esters is 1. The molecule has 1 aliphatic carbocycles. The van der Waals surface area contributed by atoms with Gasteiger partial charge in [0.25, 0.3) is 0 Å². The quantitative estimate of drug-likeness (QED) is 0.801. The fourth-order valence-corrected chi connectivity index (χ4v) is 2.52. The number of ether oxygens (including phenoxy) is 3. The number of nitrogens with two attached hydrogens (primary N) is 1. The number of benzene rings is 1. The highest BCUT2D eigenvalue weighted by Crippen LogP contribution is 2.38. The summed E-state index contributed by atoms with van der Waals surface area (Å²) in [7, 11) is 1.37. The third-order valence-electron chi connectivity index (χ3n) is 3.44. The van der Waals surface area contributed by atoms with Crippen LogP contribution in [0.1, 0.15) is 30.6 Å². The molecule has 0 aliphatic heterocycles. The Morgan fingerprint density at radius 2 is 2.25 bits per heavy atom. The van der Waals surface area contributed by atoms with Crippen molar-refractivity contribution >= 4 is 5.97 Å². The van der Waals surface area contributed by atoms with Crippen molar-refractivity contribution in [3.8, 4) is 5.75 Å². The lowest BCUT2D eigenvalue weighted by molar-refractivity contribution is -0.142. The van der Waals surface area contributed by atoms with E-state index in [1.54, 1.807) is 0 Å². The normalized spacial score (nSPS) is 20.6. The molecule has 0 amide bonds. The highest BCUT2D eigenvalue weighted by Gasteiger charge is 2.32. The lowest BCUT2D eigenvalue weighted by Crippen LogP contribution is -2.27. The fourth-order valence-electron chi connectivity index (χ4n) is 2.52. The SMILES string of the molecule is CCOc1cccc2c1CC(N)C2OCCC(=O)OC. The van der Waals surface area contributed by atoms with Crippen LogP contribution in [0.5, 0.6) is 5.75 Å². The average Bonchev–Trinajstić information content (AvgIpc) is 2.76. The molecule has 0 saturated heterocycles. The number of methoxy groups -OCH3 is 1. The minimum absolute atomic E-state index is 0.107. The molecule has 1 aliphatic rings. The predicted molar refractivity (Wildman–Crippen MR) is 74.6 cm³/mol. The van der Waals surface area contributed by atoms with Crippen LogP contribution in [-0.4, -0.2) is 32.3 Å². The minimum atomic E-state index is -0.278. The molecule has 2 rings (SSSR count). The largest absolute Gasteiger partial charge is 0.494 e. The van der Waals surface area contributed by atoms with Gasteiger partial charge in [0.2, 0.25) is 0 Å². The molecule has 0 spiro atoms. The molecule has 110 valence electrons. The average molecular weight is 279 g/mol. The first-order valence-corrected chi connectivity index (χ1v) is 6.86. The first-order valence-electron chi connectivity index (χ1n) is 6.86. The van der Waals surface area contributed by atoms with E-state index < -0.39 is 0 Å². The Morgan fingerprint density at radius 3 is 2.95 bits per heavy atom. The van der Waals surface area contributed by atoms with E-state index in [4.69, 9.17) is 15.2 Å². The second kappa shape index (κ2) is 6.72. The molecule has 0 fully saturated rings. The summed E-state index contributed by atoms with van der Waals surface area (Å²) < 4.78 is 16.0. The Hall–Kier alpha value is -1.59. The van der Waals surface area contributed by atoms with Gasteiger partial charge in [-0.3, -0.25) is 4.79 Å². The molecule has 0 heterocycles. The van der Waals surface area contributed by atoms with Crippen LogP contribution in [0, 0.1) is 0 Å². The zero-order valence-electron chi connectivity index (χ0n) is 11.9. The number of hydrogen-bond donors (Lipinski definition) is 1. The summed E-state index contributed by atoms with van der Waals surface area (Å²) in [5.74, 6) is 0.597. The molecule has 20 heavy (non-hydrogen) atoms. The fraction of sp³-hybridized carbons (Fsp3) is 0.533. The summed E-state index contributed by atoms with van der Waals surface area (Å²) in [6, 6.07) is 5.79. The van der Waals surface area contributed by atoms with Gasteiger partial charge in [-0.05, 0) is 25.0 Å². The second-order valence-corrected chi connectivity index (χ2v) is 4.74. The summed E-state index contributed by atoms with van der Waals surface area (Å²) in [5, 5.41) is 0. The van der Waals surface area contributed by atoms with E-state index in [0.717, 1.165) is 23.3 Å². The van der Waals surface area contributed by atoms with Crippen LogP contribution >= 0.6 is 0 Å². The molecule has 5 nitrogen and oxygen atoms in total. The molecule has 2 N–H and O–H groups in total. The lowest BCUT2D eigenvalue weighted by atomic mass is 10.1. The second-order valence-electron chi connectivity index (χ2n) is 4.74. The predicted octanol–water partition coefficient (Wildman–Crippen LogP) is 1.59. The molecule has 5 heteroatoms. The number of fused-ring (bicyclic) bond motifs is 1. The van der Waals surface area contributed by atoms with E-state index in [0.29, 0.717) is 13.2 Å². The Kier molecular flexibility index (Phi) is 4.98. The molecule has 0 aromatic heterocycles. The van der Waals surface area contributed by atoms with E-state index in [-0.39, 0.29) is 24.5 Å². The maximum absolute atomic E-state index is 11.1. The minimum Gasteiger partial charge on any atom is -0.494 e. The monoisotopic (exact) mass is 279 g/mol. The van der Waals surface area contributed by atoms with Crippen LogP contribution in [0.25, 0.3) is 0 Å². The highest BCUT2D eigenvalue weighted by atomic mass is 16.5. The molecule has 0 saturated carbocycles. The van der Waals surface area contributed by atoms with Crippen molar-refractivity contribution in [3.63, 3.8) is 0 Å². The van der Waals surface area contributed by atoms with Crippen LogP contribution in [0.3, 0.4) is 0 Å². The Labute approximate surface area is 119 Å². The van der Waals surface area contributed by atoms with Crippen LogP contribution in [0.4, 0.5) is 0 Å². The first kappa shape index (κ1) is 14.8. The van der Waals surface area contributed by atoms with Crippen molar-refractivity contribution in [2.24, 2.45) is 5.73 Å². The van der Waals surface area contributed by atoms with Gasteiger partial charge in [0.05, 0.1) is 32.8 Å². The maximum atomic E-state index is 11.1. The van der Waals surface area contributed by atoms with Gasteiger partial charge in [-0.25, -0.2) is 0 Å². The van der Waals surface area contributed by atoms with E-state index in [1.165, 1.54) is 7.11 Å². The molecule has 1 aromatic rings. The summed E-state index contributed by atoms with van der Waals surface area (Å²) in [5.41, 5.74) is 8.33. The summed E-state index contributed by atoms with van der Waals surface area (Å²) in [6.45, 7) is 2.89. The third-order valence-corrected chi connectivity index (χ3v) is 3.44. The van der Waals surface area contributed by atoms with Gasteiger partial charge in [0, 0.05) is 11.6 Å². The van der Waals surface area contributed by atoms with Crippen molar-refractivity contribution in [1.29, 1.82) is 0 Å². The molecular weight excluding hydrogens is 258 g/mol. The lowest BCUT2D eigenvalue weighted by Gasteiger charge is -2.17. The number of rotatable bonds is 6. The van der Waals surface area contributed by atoms with Crippen molar-refractivity contribution in [1.82, 2.24) is 0 Å². The van der Waals surface area contributed by atoms with Gasteiger partial charge < -0.3 is 19.9 Å². The van der Waals surface area contributed by atoms with Crippen molar-refractivity contribution in [3.05, 3.63) is 29.3 Å². The summed E-state index contributed by atoms with van der Waals surface area (Å²) >= 11 is 0. The molecule has 0 radical (unpaired) electrons. The molecule has 1 aromatic carbocycles. The van der Waals surface area contributed by atoms with E-state index in [2.05, 4.69) is 4.74 Å².